The summed E-state index contributed by atoms with van der Waals surface area (Å²) in [7, 11) is 0. The lowest BCUT2D eigenvalue weighted by Gasteiger charge is -2.17. The predicted molar refractivity (Wildman–Crippen MR) is 142 cm³/mol. The number of pyridine rings is 1. The Bertz CT molecular complexity index is 2070. The van der Waals surface area contributed by atoms with Gasteiger partial charge < -0.3 is 4.40 Å². The van der Waals surface area contributed by atoms with Crippen molar-refractivity contribution in [3.05, 3.63) is 115 Å². The van der Waals surface area contributed by atoms with Gasteiger partial charge in [-0.3, -0.25) is 0 Å². The highest BCUT2D eigenvalue weighted by molar-refractivity contribution is 6.39. The third-order valence-corrected chi connectivity index (χ3v) is 7.31. The van der Waals surface area contributed by atoms with Gasteiger partial charge in [0, 0.05) is 33.1 Å². The first-order valence-corrected chi connectivity index (χ1v) is 11.5. The Morgan fingerprint density at radius 3 is 1.64 bits per heavy atom. The van der Waals surface area contributed by atoms with Crippen molar-refractivity contribution in [2.45, 2.75) is 0 Å². The molecule has 1 nitrogen and oxygen atoms in total. The first kappa shape index (κ1) is 17.2. The van der Waals surface area contributed by atoms with Crippen LogP contribution in [0, 0.1) is 0 Å². The summed E-state index contributed by atoms with van der Waals surface area (Å²) in [4.78, 5) is 0. The number of fused-ring (bicyclic) bond motifs is 15. The zero-order valence-corrected chi connectivity index (χ0v) is 17.9. The first-order valence-electron chi connectivity index (χ1n) is 11.5. The van der Waals surface area contributed by atoms with E-state index < -0.39 is 0 Å². The maximum atomic E-state index is 2.43. The largest absolute Gasteiger partial charge is 0.315 e. The molecule has 0 amide bonds. The molecule has 0 aliphatic rings. The number of nitrogens with zero attached hydrogens (tertiary/aromatic N) is 1. The molecule has 2 heterocycles. The van der Waals surface area contributed by atoms with Crippen LogP contribution in [0.5, 0.6) is 0 Å². The lowest BCUT2D eigenvalue weighted by atomic mass is 9.90. The molecule has 152 valence electrons. The Balaban J connectivity index is 1.89. The molecule has 0 radical (unpaired) electrons. The molecular formula is C32H19N. The maximum Gasteiger partial charge on any atom is 0.0620 e. The number of benzene rings is 6. The predicted octanol–water partition coefficient (Wildman–Crippen LogP) is 8.86. The fourth-order valence-electron chi connectivity index (χ4n) is 5.97. The molecule has 0 aliphatic heterocycles. The quantitative estimate of drug-likeness (QED) is 0.217. The van der Waals surface area contributed by atoms with Crippen LogP contribution in [-0.2, 0) is 0 Å². The number of hydrogen-bond donors (Lipinski definition) is 0. The molecule has 0 atom stereocenters. The molecule has 0 saturated carbocycles. The Labute approximate surface area is 190 Å². The van der Waals surface area contributed by atoms with Crippen LogP contribution in [0.2, 0.25) is 0 Å². The van der Waals surface area contributed by atoms with Crippen LogP contribution in [0.25, 0.3) is 70.3 Å². The molecule has 8 aromatic rings. The second kappa shape index (κ2) is 6.11. The molecule has 6 aromatic carbocycles. The van der Waals surface area contributed by atoms with Crippen molar-refractivity contribution in [3.8, 4) is 0 Å². The van der Waals surface area contributed by atoms with Gasteiger partial charge in [0.15, 0.2) is 0 Å². The van der Waals surface area contributed by atoms with E-state index in [1.165, 1.54) is 70.3 Å². The molecular weight excluding hydrogens is 398 g/mol. The van der Waals surface area contributed by atoms with Crippen molar-refractivity contribution in [1.82, 2.24) is 4.40 Å². The minimum Gasteiger partial charge on any atom is -0.315 e. The standard InChI is InChI=1S/C32H19N/c1-3-11-22-20(9-1)17-18-28-29(22)30-26-15-7-5-13-24(26)25-14-6-8-16-27(25)31(30)32-23-12-4-2-10-21(23)19-33(28)32/h1-19H. The Kier molecular flexibility index (Phi) is 3.19. The van der Waals surface area contributed by atoms with Crippen molar-refractivity contribution < 1.29 is 0 Å². The van der Waals surface area contributed by atoms with Gasteiger partial charge in [-0.2, -0.15) is 0 Å². The normalized spacial score (nSPS) is 12.2. The second-order valence-corrected chi connectivity index (χ2v) is 8.96. The van der Waals surface area contributed by atoms with E-state index in [9.17, 15) is 0 Å². The molecule has 0 fully saturated rings. The Morgan fingerprint density at radius 1 is 0.364 bits per heavy atom. The van der Waals surface area contributed by atoms with E-state index in [4.69, 9.17) is 0 Å². The molecule has 0 spiro atoms. The smallest absolute Gasteiger partial charge is 0.0620 e. The molecule has 33 heavy (non-hydrogen) atoms. The molecule has 0 aliphatic carbocycles. The molecule has 2 aromatic heterocycles. The molecule has 0 unspecified atom stereocenters. The highest BCUT2D eigenvalue weighted by Crippen LogP contribution is 2.45. The van der Waals surface area contributed by atoms with E-state index in [1.807, 2.05) is 0 Å². The molecule has 0 saturated heterocycles. The fourth-order valence-corrected chi connectivity index (χ4v) is 5.97. The number of rotatable bonds is 0. The fraction of sp³-hybridized carbons (Fsp3) is 0. The van der Waals surface area contributed by atoms with Gasteiger partial charge in [-0.15, -0.1) is 0 Å². The number of hydrogen-bond acceptors (Lipinski definition) is 0. The van der Waals surface area contributed by atoms with Gasteiger partial charge in [-0.25, -0.2) is 0 Å². The van der Waals surface area contributed by atoms with Gasteiger partial charge in [0.25, 0.3) is 0 Å². The lowest BCUT2D eigenvalue weighted by Crippen LogP contribution is -1.93. The van der Waals surface area contributed by atoms with Crippen molar-refractivity contribution in [3.63, 3.8) is 0 Å². The summed E-state index contributed by atoms with van der Waals surface area (Å²) in [5.74, 6) is 0. The molecule has 0 bridgehead atoms. The van der Waals surface area contributed by atoms with Crippen LogP contribution in [0.1, 0.15) is 0 Å². The van der Waals surface area contributed by atoms with Gasteiger partial charge in [-0.05, 0) is 38.4 Å². The third kappa shape index (κ3) is 2.12. The topological polar surface area (TPSA) is 4.41 Å². The zero-order chi connectivity index (χ0) is 21.5. The average Bonchev–Trinajstić information content (AvgIpc) is 3.28. The summed E-state index contributed by atoms with van der Waals surface area (Å²) in [5.41, 5.74) is 2.55. The average molecular weight is 418 g/mol. The second-order valence-electron chi connectivity index (χ2n) is 8.96. The van der Waals surface area contributed by atoms with Crippen molar-refractivity contribution in [1.29, 1.82) is 0 Å². The van der Waals surface area contributed by atoms with E-state index >= 15 is 0 Å². The first-order chi connectivity index (χ1) is 16.4. The van der Waals surface area contributed by atoms with Gasteiger partial charge in [-0.1, -0.05) is 103 Å². The van der Waals surface area contributed by atoms with E-state index in [0.29, 0.717) is 0 Å². The highest BCUT2D eigenvalue weighted by Gasteiger charge is 2.19. The number of aromatic nitrogens is 1. The van der Waals surface area contributed by atoms with Crippen LogP contribution in [-0.4, -0.2) is 4.40 Å². The van der Waals surface area contributed by atoms with Crippen LogP contribution in [0.4, 0.5) is 0 Å². The van der Waals surface area contributed by atoms with Crippen LogP contribution >= 0.6 is 0 Å². The van der Waals surface area contributed by atoms with Crippen molar-refractivity contribution in [2.24, 2.45) is 0 Å². The maximum absolute atomic E-state index is 2.43. The summed E-state index contributed by atoms with van der Waals surface area (Å²) >= 11 is 0. The summed E-state index contributed by atoms with van der Waals surface area (Å²) in [6.07, 6.45) is 2.31. The van der Waals surface area contributed by atoms with Crippen LogP contribution in [0.3, 0.4) is 0 Å². The minimum absolute atomic E-state index is 1.26. The molecule has 0 N–H and O–H groups in total. The van der Waals surface area contributed by atoms with Crippen LogP contribution in [0.15, 0.2) is 115 Å². The Morgan fingerprint density at radius 2 is 0.909 bits per heavy atom. The highest BCUT2D eigenvalue weighted by atomic mass is 14.9. The Hall–Kier alpha value is -4.36. The van der Waals surface area contributed by atoms with Crippen molar-refractivity contribution >= 4 is 70.3 Å². The van der Waals surface area contributed by atoms with Crippen LogP contribution < -0.4 is 0 Å². The van der Waals surface area contributed by atoms with E-state index in [0.717, 1.165) is 0 Å². The van der Waals surface area contributed by atoms with Gasteiger partial charge >= 0.3 is 0 Å². The van der Waals surface area contributed by atoms with E-state index in [1.54, 1.807) is 0 Å². The van der Waals surface area contributed by atoms with E-state index in [2.05, 4.69) is 120 Å². The van der Waals surface area contributed by atoms with Gasteiger partial charge in [0.2, 0.25) is 0 Å². The summed E-state index contributed by atoms with van der Waals surface area (Å²) in [6.45, 7) is 0. The summed E-state index contributed by atoms with van der Waals surface area (Å²) in [6, 6.07) is 39.9. The summed E-state index contributed by atoms with van der Waals surface area (Å²) in [5, 5.41) is 14.5. The monoisotopic (exact) mass is 417 g/mol. The minimum atomic E-state index is 1.26. The lowest BCUT2D eigenvalue weighted by molar-refractivity contribution is 1.30. The van der Waals surface area contributed by atoms with Gasteiger partial charge in [0.05, 0.1) is 11.0 Å². The van der Waals surface area contributed by atoms with E-state index in [-0.39, 0.29) is 0 Å². The third-order valence-electron chi connectivity index (χ3n) is 7.31. The van der Waals surface area contributed by atoms with Crippen molar-refractivity contribution in [2.75, 3.05) is 0 Å². The SMILES string of the molecule is c1ccc2c(c1)ccc1c2c2c3ccccc3c3ccccc3c2c2c3ccccc3cn12. The molecule has 1 heteroatoms. The summed E-state index contributed by atoms with van der Waals surface area (Å²) < 4.78 is 2.43. The zero-order valence-electron chi connectivity index (χ0n) is 17.9. The molecule has 8 rings (SSSR count). The van der Waals surface area contributed by atoms with Gasteiger partial charge in [0.1, 0.15) is 0 Å².